The molecule has 0 amide bonds. The van der Waals surface area contributed by atoms with Gasteiger partial charge in [-0.2, -0.15) is 0 Å². The van der Waals surface area contributed by atoms with Gasteiger partial charge in [0, 0.05) is 42.7 Å². The van der Waals surface area contributed by atoms with Crippen molar-refractivity contribution in [3.05, 3.63) is 176 Å². The molecular formula is C46H29N3S. The third-order valence-corrected chi connectivity index (χ3v) is 11.0. The van der Waals surface area contributed by atoms with Crippen LogP contribution in [0.1, 0.15) is 0 Å². The smallest absolute Gasteiger partial charge is 0.235 e. The molecule has 0 saturated heterocycles. The number of nitrogens with zero attached hydrogens (tertiary/aromatic N) is 3. The molecule has 10 rings (SSSR count). The number of aromatic nitrogens is 3. The van der Waals surface area contributed by atoms with Crippen LogP contribution in [0, 0.1) is 0 Å². The molecule has 7 aromatic carbocycles. The third kappa shape index (κ3) is 4.65. The van der Waals surface area contributed by atoms with E-state index in [1.54, 1.807) is 0 Å². The highest BCUT2D eigenvalue weighted by atomic mass is 32.1. The summed E-state index contributed by atoms with van der Waals surface area (Å²) in [7, 11) is 0. The van der Waals surface area contributed by atoms with Crippen molar-refractivity contribution in [1.82, 2.24) is 14.5 Å². The predicted octanol–water partition coefficient (Wildman–Crippen LogP) is 12.6. The number of rotatable bonds is 5. The van der Waals surface area contributed by atoms with E-state index in [1.807, 2.05) is 23.6 Å². The Labute approximate surface area is 293 Å². The number of fused-ring (bicyclic) bond motifs is 7. The van der Waals surface area contributed by atoms with Crippen LogP contribution in [-0.2, 0) is 0 Å². The van der Waals surface area contributed by atoms with E-state index in [-0.39, 0.29) is 0 Å². The Morgan fingerprint density at radius 3 is 1.86 bits per heavy atom. The van der Waals surface area contributed by atoms with Crippen LogP contribution in [-0.4, -0.2) is 14.5 Å². The summed E-state index contributed by atoms with van der Waals surface area (Å²) in [5.74, 6) is 0.664. The van der Waals surface area contributed by atoms with Crippen LogP contribution in [0.2, 0.25) is 0 Å². The summed E-state index contributed by atoms with van der Waals surface area (Å²) in [4.78, 5) is 10.1. The maximum Gasteiger partial charge on any atom is 0.235 e. The van der Waals surface area contributed by atoms with Crippen LogP contribution in [0.15, 0.2) is 176 Å². The molecule has 3 aromatic heterocycles. The third-order valence-electron chi connectivity index (χ3n) is 9.71. The highest BCUT2D eigenvalue weighted by Gasteiger charge is 2.20. The Bertz CT molecular complexity index is 2850. The van der Waals surface area contributed by atoms with E-state index in [2.05, 4.69) is 168 Å². The molecule has 0 fully saturated rings. The summed E-state index contributed by atoms with van der Waals surface area (Å²) in [6, 6.07) is 60.4. The Morgan fingerprint density at radius 2 is 1.04 bits per heavy atom. The zero-order chi connectivity index (χ0) is 33.0. The van der Waals surface area contributed by atoms with E-state index in [0.29, 0.717) is 5.95 Å². The van der Waals surface area contributed by atoms with Crippen LogP contribution in [0.4, 0.5) is 0 Å². The van der Waals surface area contributed by atoms with Gasteiger partial charge in [-0.3, -0.25) is 4.57 Å². The fraction of sp³-hybridized carbons (Fsp3) is 0. The van der Waals surface area contributed by atoms with Crippen LogP contribution in [0.3, 0.4) is 0 Å². The van der Waals surface area contributed by atoms with Crippen molar-refractivity contribution in [2.75, 3.05) is 0 Å². The number of para-hydroxylation sites is 1. The number of thiophene rings is 1. The van der Waals surface area contributed by atoms with Crippen molar-refractivity contribution >= 4 is 53.3 Å². The average molecular weight is 656 g/mol. The second-order valence-corrected chi connectivity index (χ2v) is 13.6. The van der Waals surface area contributed by atoms with Gasteiger partial charge in [-0.1, -0.05) is 146 Å². The van der Waals surface area contributed by atoms with Crippen LogP contribution >= 0.6 is 11.3 Å². The van der Waals surface area contributed by atoms with Gasteiger partial charge < -0.3 is 0 Å². The second-order valence-electron chi connectivity index (χ2n) is 12.6. The Balaban J connectivity index is 1.10. The first-order valence-electron chi connectivity index (χ1n) is 16.8. The first kappa shape index (κ1) is 28.6. The minimum atomic E-state index is 0.664. The van der Waals surface area contributed by atoms with E-state index < -0.39 is 0 Å². The minimum absolute atomic E-state index is 0.664. The van der Waals surface area contributed by atoms with Crippen molar-refractivity contribution in [2.24, 2.45) is 0 Å². The highest BCUT2D eigenvalue weighted by Crippen LogP contribution is 2.45. The SMILES string of the molecule is c1ccc(-c2ccc(-c3cccc(-c4ccnc(-n5c6ccccc6c6c7sc8c(-c9ccccc9)cccc8c7ccc65)n4)c3)cc2)cc1. The zero-order valence-corrected chi connectivity index (χ0v) is 27.8. The zero-order valence-electron chi connectivity index (χ0n) is 27.0. The van der Waals surface area contributed by atoms with Crippen molar-refractivity contribution in [3.8, 4) is 50.6 Å². The summed E-state index contributed by atoms with van der Waals surface area (Å²) in [6.45, 7) is 0. The molecular weight excluding hydrogens is 627 g/mol. The van der Waals surface area contributed by atoms with Gasteiger partial charge in [0.2, 0.25) is 5.95 Å². The largest absolute Gasteiger partial charge is 0.278 e. The van der Waals surface area contributed by atoms with Gasteiger partial charge in [0.05, 0.1) is 16.7 Å². The Morgan fingerprint density at radius 1 is 0.420 bits per heavy atom. The number of hydrogen-bond acceptors (Lipinski definition) is 3. The summed E-state index contributed by atoms with van der Waals surface area (Å²) < 4.78 is 4.83. The van der Waals surface area contributed by atoms with Crippen molar-refractivity contribution in [2.45, 2.75) is 0 Å². The molecule has 4 heteroatoms. The summed E-state index contributed by atoms with van der Waals surface area (Å²) in [5.41, 5.74) is 11.4. The van der Waals surface area contributed by atoms with Gasteiger partial charge in [0.1, 0.15) is 0 Å². The topological polar surface area (TPSA) is 30.7 Å². The van der Waals surface area contributed by atoms with Crippen molar-refractivity contribution in [3.63, 3.8) is 0 Å². The van der Waals surface area contributed by atoms with E-state index in [9.17, 15) is 0 Å². The normalized spacial score (nSPS) is 11.6. The number of benzene rings is 7. The highest BCUT2D eigenvalue weighted by molar-refractivity contribution is 7.27. The van der Waals surface area contributed by atoms with Gasteiger partial charge in [0.25, 0.3) is 0 Å². The predicted molar refractivity (Wildman–Crippen MR) is 211 cm³/mol. The maximum absolute atomic E-state index is 5.21. The lowest BCUT2D eigenvalue weighted by Crippen LogP contribution is -2.01. The van der Waals surface area contributed by atoms with Crippen molar-refractivity contribution in [1.29, 1.82) is 0 Å². The fourth-order valence-electron chi connectivity index (χ4n) is 7.33. The monoisotopic (exact) mass is 655 g/mol. The molecule has 0 unspecified atom stereocenters. The summed E-state index contributed by atoms with van der Waals surface area (Å²) >= 11 is 1.88. The van der Waals surface area contributed by atoms with Gasteiger partial charge in [0.15, 0.2) is 0 Å². The van der Waals surface area contributed by atoms with Crippen LogP contribution in [0.5, 0.6) is 0 Å². The Kier molecular flexibility index (Phi) is 6.68. The quantitative estimate of drug-likeness (QED) is 0.185. The molecule has 3 heterocycles. The van der Waals surface area contributed by atoms with E-state index in [4.69, 9.17) is 9.97 Å². The molecule has 0 aliphatic heterocycles. The Hall–Kier alpha value is -6.36. The molecule has 0 saturated carbocycles. The average Bonchev–Trinajstić information content (AvgIpc) is 3.75. The minimum Gasteiger partial charge on any atom is -0.278 e. The molecule has 0 atom stereocenters. The van der Waals surface area contributed by atoms with E-state index >= 15 is 0 Å². The molecule has 0 radical (unpaired) electrons. The fourth-order valence-corrected chi connectivity index (χ4v) is 8.72. The first-order chi connectivity index (χ1) is 24.8. The molecule has 234 valence electrons. The number of hydrogen-bond donors (Lipinski definition) is 0. The van der Waals surface area contributed by atoms with Gasteiger partial charge >= 0.3 is 0 Å². The van der Waals surface area contributed by atoms with Crippen LogP contribution in [0.25, 0.3) is 92.6 Å². The molecule has 10 aromatic rings. The molecule has 50 heavy (non-hydrogen) atoms. The molecule has 0 aliphatic rings. The lowest BCUT2D eigenvalue weighted by Gasteiger charge is -2.10. The molecule has 3 nitrogen and oxygen atoms in total. The van der Waals surface area contributed by atoms with Gasteiger partial charge in [-0.15, -0.1) is 11.3 Å². The van der Waals surface area contributed by atoms with E-state index in [0.717, 1.165) is 27.9 Å². The maximum atomic E-state index is 5.21. The summed E-state index contributed by atoms with van der Waals surface area (Å²) in [5, 5.41) is 5.02. The van der Waals surface area contributed by atoms with E-state index in [1.165, 1.54) is 58.8 Å². The molecule has 0 bridgehead atoms. The van der Waals surface area contributed by atoms with Crippen LogP contribution < -0.4 is 0 Å². The second kappa shape index (κ2) is 11.7. The van der Waals surface area contributed by atoms with Gasteiger partial charge in [-0.05, 0) is 57.6 Å². The van der Waals surface area contributed by atoms with Crippen molar-refractivity contribution < 1.29 is 0 Å². The molecule has 0 N–H and O–H groups in total. The molecule has 0 aliphatic carbocycles. The van der Waals surface area contributed by atoms with Gasteiger partial charge in [-0.25, -0.2) is 9.97 Å². The summed E-state index contributed by atoms with van der Waals surface area (Å²) in [6.07, 6.45) is 1.88. The standard InChI is InChI=1S/C46H29N3S/c1-3-11-30(12-4-1)31-21-23-32(24-22-31)34-15-9-16-35(29-34)40-27-28-47-46(48-40)49-41-20-8-7-17-39(41)43-42(49)26-25-38-37-19-10-18-36(44(37)50-45(38)43)33-13-5-2-6-14-33/h1-29H. The lowest BCUT2D eigenvalue weighted by molar-refractivity contribution is 0.992. The lowest BCUT2D eigenvalue weighted by atomic mass is 9.98. The molecule has 0 spiro atoms. The first-order valence-corrected chi connectivity index (χ1v) is 17.6.